The number of anilines is 1. The van der Waals surface area contributed by atoms with Crippen molar-refractivity contribution in [3.63, 3.8) is 0 Å². The Morgan fingerprint density at radius 1 is 1.47 bits per heavy atom. The van der Waals surface area contributed by atoms with E-state index in [1.165, 1.54) is 6.07 Å². The molecule has 1 aromatic carbocycles. The average molecular weight is 205 g/mol. The van der Waals surface area contributed by atoms with Crippen molar-refractivity contribution in [3.05, 3.63) is 35.8 Å². The first kappa shape index (κ1) is 9.71. The molecule has 0 amide bonds. The largest absolute Gasteiger partial charge is 0.384 e. The summed E-state index contributed by atoms with van der Waals surface area (Å²) >= 11 is 0. The zero-order valence-corrected chi connectivity index (χ0v) is 8.42. The van der Waals surface area contributed by atoms with E-state index in [9.17, 15) is 4.39 Å². The number of aromatic nitrogens is 2. The number of nitrogens with two attached hydrogens (primary N) is 1. The topological polar surface area (TPSA) is 54.7 Å². The number of H-pyrrole nitrogens is 1. The smallest absolute Gasteiger partial charge is 0.126 e. The van der Waals surface area contributed by atoms with Crippen molar-refractivity contribution < 1.29 is 4.39 Å². The molecule has 0 atom stereocenters. The maximum Gasteiger partial charge on any atom is 0.126 e. The minimum atomic E-state index is -0.177. The number of rotatable bonds is 2. The Labute approximate surface area is 87.1 Å². The van der Waals surface area contributed by atoms with Gasteiger partial charge in [0.15, 0.2) is 0 Å². The first-order valence-electron chi connectivity index (χ1n) is 4.80. The van der Waals surface area contributed by atoms with Crippen molar-refractivity contribution in [2.45, 2.75) is 13.3 Å². The van der Waals surface area contributed by atoms with Crippen molar-refractivity contribution in [1.82, 2.24) is 10.2 Å². The summed E-state index contributed by atoms with van der Waals surface area (Å²) in [6.07, 6.45) is 2.31. The summed E-state index contributed by atoms with van der Waals surface area (Å²) in [4.78, 5) is 0. The van der Waals surface area contributed by atoms with Crippen LogP contribution in [0.1, 0.15) is 12.5 Å². The summed E-state index contributed by atoms with van der Waals surface area (Å²) in [6.45, 7) is 1.92. The number of hydrogen-bond donors (Lipinski definition) is 2. The molecule has 0 saturated carbocycles. The summed E-state index contributed by atoms with van der Waals surface area (Å²) < 4.78 is 13.3. The van der Waals surface area contributed by atoms with Gasteiger partial charge in [0.05, 0.1) is 6.20 Å². The van der Waals surface area contributed by atoms with E-state index < -0.39 is 0 Å². The molecule has 0 radical (unpaired) electrons. The van der Waals surface area contributed by atoms with Gasteiger partial charge in [0.2, 0.25) is 0 Å². The highest BCUT2D eigenvalue weighted by atomic mass is 19.1. The molecule has 0 aliphatic carbocycles. The molecule has 1 aromatic heterocycles. The van der Waals surface area contributed by atoms with Crippen molar-refractivity contribution in [2.75, 3.05) is 5.73 Å². The van der Waals surface area contributed by atoms with E-state index in [0.717, 1.165) is 11.1 Å². The number of hydrogen-bond acceptors (Lipinski definition) is 2. The molecule has 3 nitrogen and oxygen atoms in total. The van der Waals surface area contributed by atoms with Gasteiger partial charge in [0.25, 0.3) is 0 Å². The maximum atomic E-state index is 13.3. The van der Waals surface area contributed by atoms with Crippen LogP contribution in [0.3, 0.4) is 0 Å². The molecular formula is C11H12FN3. The van der Waals surface area contributed by atoms with Gasteiger partial charge in [0, 0.05) is 5.56 Å². The van der Waals surface area contributed by atoms with E-state index in [0.29, 0.717) is 17.8 Å². The molecule has 0 fully saturated rings. The van der Waals surface area contributed by atoms with E-state index in [4.69, 9.17) is 5.73 Å². The van der Waals surface area contributed by atoms with Crippen LogP contribution in [0.2, 0.25) is 0 Å². The van der Waals surface area contributed by atoms with Gasteiger partial charge in [-0.15, -0.1) is 0 Å². The van der Waals surface area contributed by atoms with E-state index in [-0.39, 0.29) is 5.82 Å². The van der Waals surface area contributed by atoms with Gasteiger partial charge >= 0.3 is 0 Å². The number of nitrogen functional groups attached to an aromatic ring is 1. The monoisotopic (exact) mass is 205 g/mol. The van der Waals surface area contributed by atoms with Crippen molar-refractivity contribution in [2.24, 2.45) is 0 Å². The van der Waals surface area contributed by atoms with Crippen LogP contribution >= 0.6 is 0 Å². The third-order valence-electron chi connectivity index (χ3n) is 2.41. The van der Waals surface area contributed by atoms with Gasteiger partial charge in [-0.05, 0) is 29.7 Å². The minimum absolute atomic E-state index is 0.177. The minimum Gasteiger partial charge on any atom is -0.384 e. The number of nitrogens with zero attached hydrogens (tertiary/aromatic N) is 1. The number of aromatic amines is 1. The van der Waals surface area contributed by atoms with Crippen molar-refractivity contribution in [1.29, 1.82) is 0 Å². The second-order valence-corrected chi connectivity index (χ2v) is 3.36. The number of benzene rings is 1. The zero-order chi connectivity index (χ0) is 10.8. The van der Waals surface area contributed by atoms with Crippen LogP contribution < -0.4 is 5.73 Å². The van der Waals surface area contributed by atoms with E-state index >= 15 is 0 Å². The Hall–Kier alpha value is -1.84. The second kappa shape index (κ2) is 3.73. The van der Waals surface area contributed by atoms with Gasteiger partial charge in [-0.3, -0.25) is 5.10 Å². The molecule has 0 aliphatic heterocycles. The molecule has 0 bridgehead atoms. The normalized spacial score (nSPS) is 10.5. The fraction of sp³-hybridized carbons (Fsp3) is 0.182. The molecule has 4 heteroatoms. The maximum absolute atomic E-state index is 13.3. The van der Waals surface area contributed by atoms with Crippen molar-refractivity contribution in [3.8, 4) is 11.1 Å². The lowest BCUT2D eigenvalue weighted by atomic mass is 10.0. The Morgan fingerprint density at radius 3 is 2.87 bits per heavy atom. The highest BCUT2D eigenvalue weighted by Crippen LogP contribution is 2.25. The third-order valence-corrected chi connectivity index (χ3v) is 2.41. The summed E-state index contributed by atoms with van der Waals surface area (Å²) in [6, 6.07) is 4.97. The third kappa shape index (κ3) is 1.70. The molecule has 0 spiro atoms. The highest BCUT2D eigenvalue weighted by molar-refractivity contribution is 5.73. The van der Waals surface area contributed by atoms with Gasteiger partial charge in [-0.25, -0.2) is 4.39 Å². The Balaban J connectivity index is 2.51. The average Bonchev–Trinajstić information content (AvgIpc) is 2.65. The summed E-state index contributed by atoms with van der Waals surface area (Å²) in [7, 11) is 0. The number of halogens is 1. The van der Waals surface area contributed by atoms with Gasteiger partial charge < -0.3 is 5.73 Å². The molecule has 0 unspecified atom stereocenters. The summed E-state index contributed by atoms with van der Waals surface area (Å²) in [5, 5.41) is 6.49. The predicted molar refractivity (Wildman–Crippen MR) is 57.8 cm³/mol. The van der Waals surface area contributed by atoms with E-state index in [2.05, 4.69) is 10.2 Å². The molecule has 15 heavy (non-hydrogen) atoms. The highest BCUT2D eigenvalue weighted by Gasteiger charge is 2.07. The predicted octanol–water partition coefficient (Wildman–Crippen LogP) is 2.36. The Bertz CT molecular complexity index is 476. The fourth-order valence-corrected chi connectivity index (χ4v) is 1.54. The number of aryl methyl sites for hydroxylation is 1. The quantitative estimate of drug-likeness (QED) is 0.790. The van der Waals surface area contributed by atoms with Gasteiger partial charge in [0.1, 0.15) is 11.6 Å². The summed E-state index contributed by atoms with van der Waals surface area (Å²) in [5.41, 5.74) is 8.08. The van der Waals surface area contributed by atoms with Crippen LogP contribution in [0.5, 0.6) is 0 Å². The molecular weight excluding hydrogens is 193 g/mol. The molecule has 1 heterocycles. The van der Waals surface area contributed by atoms with Crippen LogP contribution in [0, 0.1) is 5.82 Å². The van der Waals surface area contributed by atoms with Crippen LogP contribution in [-0.4, -0.2) is 10.2 Å². The van der Waals surface area contributed by atoms with Crippen LogP contribution in [0.25, 0.3) is 11.1 Å². The molecule has 2 rings (SSSR count). The second-order valence-electron chi connectivity index (χ2n) is 3.36. The lowest BCUT2D eigenvalue weighted by Crippen LogP contribution is -1.91. The molecule has 0 saturated heterocycles. The molecule has 78 valence electrons. The first-order valence-corrected chi connectivity index (χ1v) is 4.80. The molecule has 3 N–H and O–H groups in total. The van der Waals surface area contributed by atoms with Crippen molar-refractivity contribution >= 4 is 5.82 Å². The lowest BCUT2D eigenvalue weighted by molar-refractivity contribution is 0.612. The van der Waals surface area contributed by atoms with E-state index in [1.54, 1.807) is 18.3 Å². The lowest BCUT2D eigenvalue weighted by Gasteiger charge is -2.03. The van der Waals surface area contributed by atoms with E-state index in [1.807, 2.05) is 6.92 Å². The standard InChI is InChI=1S/C11H12FN3/c1-2-7-5-8(3-4-10(7)12)9-6-14-15-11(9)13/h3-6H,2H2,1H3,(H3,13,14,15). The first-order chi connectivity index (χ1) is 7.22. The van der Waals surface area contributed by atoms with Gasteiger partial charge in [-0.2, -0.15) is 5.10 Å². The Kier molecular flexibility index (Phi) is 2.41. The fourth-order valence-electron chi connectivity index (χ4n) is 1.54. The van der Waals surface area contributed by atoms with Gasteiger partial charge in [-0.1, -0.05) is 13.0 Å². The molecule has 0 aliphatic rings. The molecule has 2 aromatic rings. The Morgan fingerprint density at radius 2 is 2.27 bits per heavy atom. The SMILES string of the molecule is CCc1cc(-c2cn[nH]c2N)ccc1F. The summed E-state index contributed by atoms with van der Waals surface area (Å²) in [5.74, 6) is 0.326. The van der Waals surface area contributed by atoms with Crippen LogP contribution in [0.15, 0.2) is 24.4 Å². The van der Waals surface area contributed by atoms with Crippen LogP contribution in [0.4, 0.5) is 10.2 Å². The van der Waals surface area contributed by atoms with Crippen LogP contribution in [-0.2, 0) is 6.42 Å². The number of nitrogens with one attached hydrogen (secondary N) is 1. The zero-order valence-electron chi connectivity index (χ0n) is 8.42.